The van der Waals surface area contributed by atoms with Gasteiger partial charge in [-0.15, -0.1) is 0 Å². The summed E-state index contributed by atoms with van der Waals surface area (Å²) in [7, 11) is 0. The molecular weight excluding hydrogens is 349 g/mol. The Balaban J connectivity index is 0.00000243. The summed E-state index contributed by atoms with van der Waals surface area (Å²) < 4.78 is 2.87. The van der Waals surface area contributed by atoms with Gasteiger partial charge in [0.05, 0.1) is 22.3 Å². The van der Waals surface area contributed by atoms with E-state index in [1.165, 1.54) is 33.8 Å². The number of rotatable bonds is 5. The first-order valence-electron chi connectivity index (χ1n) is 7.82. The molecule has 0 atom stereocenters. The van der Waals surface area contributed by atoms with Crippen molar-refractivity contribution in [1.29, 1.82) is 0 Å². The van der Waals surface area contributed by atoms with Crippen LogP contribution in [0.2, 0.25) is 0 Å². The number of benzene rings is 1. The normalized spacial score (nSPS) is 10.9. The van der Waals surface area contributed by atoms with Crippen molar-refractivity contribution in [3.63, 3.8) is 0 Å². The number of nitro benzene ring substituents is 1. The molecule has 26 heavy (non-hydrogen) atoms. The van der Waals surface area contributed by atoms with Gasteiger partial charge in [0.25, 0.3) is 5.69 Å². The van der Waals surface area contributed by atoms with E-state index in [4.69, 9.17) is 0 Å². The Kier molecular flexibility index (Phi) is 6.17. The molecule has 2 heterocycles. The Hall–Kier alpha value is -2.23. The van der Waals surface area contributed by atoms with Crippen LogP contribution in [-0.4, -0.2) is 53.6 Å². The summed E-state index contributed by atoms with van der Waals surface area (Å²) in [4.78, 5) is 41.4. The number of aromatic amines is 1. The van der Waals surface area contributed by atoms with Crippen LogP contribution in [0.4, 0.5) is 5.69 Å². The number of aryl methyl sites for hydroxylation is 1. The van der Waals surface area contributed by atoms with Gasteiger partial charge in [-0.05, 0) is 18.4 Å². The topological polar surface area (TPSA) is 116 Å². The summed E-state index contributed by atoms with van der Waals surface area (Å²) in [5.74, 6) is 0.340. The molecule has 1 aromatic carbocycles. The van der Waals surface area contributed by atoms with Crippen molar-refractivity contribution in [3.8, 4) is 5.69 Å². The second-order valence-corrected chi connectivity index (χ2v) is 6.18. The van der Waals surface area contributed by atoms with Gasteiger partial charge in [-0.1, -0.05) is 13.8 Å². The number of nitrogens with zero attached hydrogens (tertiary/aromatic N) is 4. The van der Waals surface area contributed by atoms with E-state index in [-0.39, 0.29) is 46.4 Å². The van der Waals surface area contributed by atoms with Gasteiger partial charge in [0.2, 0.25) is 0 Å². The molecule has 0 unspecified atom stereocenters. The second-order valence-electron chi connectivity index (χ2n) is 6.18. The molecule has 0 saturated heterocycles. The van der Waals surface area contributed by atoms with Crippen LogP contribution in [0.1, 0.15) is 20.3 Å². The molecule has 0 spiro atoms. The van der Waals surface area contributed by atoms with Crippen molar-refractivity contribution < 1.29 is 4.92 Å². The number of imidazole rings is 1. The Labute approximate surface area is 170 Å². The van der Waals surface area contributed by atoms with Crippen LogP contribution in [0.3, 0.4) is 0 Å². The Bertz CT molecular complexity index is 1050. The molecule has 0 bridgehead atoms. The van der Waals surface area contributed by atoms with E-state index >= 15 is 0 Å². The third-order valence-electron chi connectivity index (χ3n) is 3.98. The molecule has 1 N–H and O–H groups in total. The molecule has 3 aromatic rings. The van der Waals surface area contributed by atoms with Crippen LogP contribution in [0.25, 0.3) is 16.7 Å². The standard InChI is InChI=1S/C16H17N5O4.Na.H/c1-10(2)3-5-20-12-8-13(19-6-4-17-9-19)14(21(24)25)7-11(12)18-15(22)16(20)23;;/h4,6-10H,3,5H2,1-2H3,(H,18,22);;. The van der Waals surface area contributed by atoms with Crippen molar-refractivity contribution in [2.75, 3.05) is 0 Å². The number of hydrogen-bond acceptors (Lipinski definition) is 5. The van der Waals surface area contributed by atoms with Gasteiger partial charge >= 0.3 is 40.7 Å². The summed E-state index contributed by atoms with van der Waals surface area (Å²) in [6.07, 6.45) is 5.23. The van der Waals surface area contributed by atoms with E-state index in [1.807, 2.05) is 13.8 Å². The van der Waals surface area contributed by atoms with Crippen LogP contribution in [0, 0.1) is 16.0 Å². The minimum absolute atomic E-state index is 0. The van der Waals surface area contributed by atoms with Crippen LogP contribution < -0.4 is 11.1 Å². The number of aromatic nitrogens is 4. The van der Waals surface area contributed by atoms with Crippen molar-refractivity contribution in [2.45, 2.75) is 26.8 Å². The molecule has 0 saturated carbocycles. The summed E-state index contributed by atoms with van der Waals surface area (Å²) in [5.41, 5.74) is -0.669. The number of nitro groups is 1. The second kappa shape index (κ2) is 7.98. The van der Waals surface area contributed by atoms with Gasteiger partial charge in [-0.2, -0.15) is 0 Å². The van der Waals surface area contributed by atoms with Crippen molar-refractivity contribution in [1.82, 2.24) is 19.1 Å². The number of H-pyrrole nitrogens is 1. The average molecular weight is 367 g/mol. The van der Waals surface area contributed by atoms with Gasteiger partial charge in [0, 0.05) is 25.0 Å². The van der Waals surface area contributed by atoms with Crippen molar-refractivity contribution in [3.05, 3.63) is 61.7 Å². The van der Waals surface area contributed by atoms with Crippen molar-refractivity contribution >= 4 is 46.3 Å². The van der Waals surface area contributed by atoms with Crippen LogP contribution in [0.15, 0.2) is 40.4 Å². The molecule has 2 aromatic heterocycles. The molecular formula is C16H18N5NaO4. The zero-order chi connectivity index (χ0) is 18.1. The zero-order valence-corrected chi connectivity index (χ0v) is 13.8. The van der Waals surface area contributed by atoms with Gasteiger partial charge in [0.15, 0.2) is 0 Å². The molecule has 0 aliphatic heterocycles. The maximum atomic E-state index is 12.3. The first-order valence-corrected chi connectivity index (χ1v) is 7.82. The predicted molar refractivity (Wildman–Crippen MR) is 99.2 cm³/mol. The molecule has 0 fully saturated rings. The molecule has 132 valence electrons. The van der Waals surface area contributed by atoms with Crippen LogP contribution in [-0.2, 0) is 6.54 Å². The number of nitrogens with one attached hydrogen (secondary N) is 1. The van der Waals surface area contributed by atoms with E-state index in [0.717, 1.165) is 0 Å². The van der Waals surface area contributed by atoms with E-state index in [2.05, 4.69) is 9.97 Å². The quantitative estimate of drug-likeness (QED) is 0.315. The summed E-state index contributed by atoms with van der Waals surface area (Å²) in [5, 5.41) is 11.4. The SMILES string of the molecule is CC(C)CCn1c(=O)c(=O)[nH]c2cc([N+](=O)[O-])c(-n3ccnc3)cc21.[NaH]. The third kappa shape index (κ3) is 3.79. The molecule has 0 amide bonds. The zero-order valence-electron chi connectivity index (χ0n) is 13.8. The van der Waals surface area contributed by atoms with E-state index < -0.39 is 16.0 Å². The predicted octanol–water partition coefficient (Wildman–Crippen LogP) is 1.18. The fourth-order valence-corrected chi connectivity index (χ4v) is 2.66. The molecule has 0 radical (unpaired) electrons. The molecule has 0 aliphatic rings. The first kappa shape index (κ1) is 20.1. The summed E-state index contributed by atoms with van der Waals surface area (Å²) in [6, 6.07) is 2.81. The fourth-order valence-electron chi connectivity index (χ4n) is 2.66. The minimum atomic E-state index is -0.791. The van der Waals surface area contributed by atoms with Crippen LogP contribution in [0.5, 0.6) is 0 Å². The van der Waals surface area contributed by atoms with Crippen LogP contribution >= 0.6 is 0 Å². The van der Waals surface area contributed by atoms with E-state index in [0.29, 0.717) is 24.4 Å². The van der Waals surface area contributed by atoms with E-state index in [1.54, 1.807) is 6.20 Å². The monoisotopic (exact) mass is 367 g/mol. The summed E-state index contributed by atoms with van der Waals surface area (Å²) in [6.45, 7) is 4.39. The third-order valence-corrected chi connectivity index (χ3v) is 3.98. The van der Waals surface area contributed by atoms with Gasteiger partial charge < -0.3 is 14.1 Å². The molecule has 9 nitrogen and oxygen atoms in total. The maximum absolute atomic E-state index is 12.3. The number of fused-ring (bicyclic) bond motifs is 1. The Morgan fingerprint density at radius 1 is 1.31 bits per heavy atom. The summed E-state index contributed by atoms with van der Waals surface area (Å²) >= 11 is 0. The average Bonchev–Trinajstić information content (AvgIpc) is 3.08. The first-order chi connectivity index (χ1) is 11.9. The van der Waals surface area contributed by atoms with Gasteiger partial charge in [-0.25, -0.2) is 4.98 Å². The van der Waals surface area contributed by atoms with Gasteiger partial charge in [-0.3, -0.25) is 19.7 Å². The van der Waals surface area contributed by atoms with Crippen molar-refractivity contribution in [2.24, 2.45) is 5.92 Å². The van der Waals surface area contributed by atoms with Gasteiger partial charge in [0.1, 0.15) is 5.69 Å². The number of hydrogen-bond donors (Lipinski definition) is 1. The molecule has 3 rings (SSSR count). The van der Waals surface area contributed by atoms with E-state index in [9.17, 15) is 19.7 Å². The molecule has 0 aliphatic carbocycles. The molecule has 10 heteroatoms. The fraction of sp³-hybridized carbons (Fsp3) is 0.312. The Morgan fingerprint density at radius 3 is 2.62 bits per heavy atom. The Morgan fingerprint density at radius 2 is 2.04 bits per heavy atom.